The molecule has 0 fully saturated rings. The van der Waals surface area contributed by atoms with Crippen molar-refractivity contribution in [3.63, 3.8) is 0 Å². The molecule has 28 heavy (non-hydrogen) atoms. The van der Waals surface area contributed by atoms with E-state index in [0.717, 1.165) is 7.11 Å². The summed E-state index contributed by atoms with van der Waals surface area (Å²) >= 11 is 0. The normalized spacial score (nSPS) is 14.6. The van der Waals surface area contributed by atoms with Gasteiger partial charge in [0.15, 0.2) is 5.69 Å². The average molecular weight is 412 g/mol. The van der Waals surface area contributed by atoms with Crippen molar-refractivity contribution in [2.45, 2.75) is 31.8 Å². The SMILES string of the molecule is C=C(C)c1c(N)c(-c2nnc(C(C)(O)C(F)(F)F)o2)nc(OC)c1C(F)(F)F. The Morgan fingerprint density at radius 1 is 1.18 bits per heavy atom. The zero-order chi connectivity index (χ0) is 21.7. The van der Waals surface area contributed by atoms with Crippen LogP contribution in [0.3, 0.4) is 0 Å². The number of nitrogens with two attached hydrogens (primary N) is 1. The molecule has 0 saturated heterocycles. The number of aromatic nitrogens is 3. The lowest BCUT2D eigenvalue weighted by Gasteiger charge is -2.21. The fraction of sp³-hybridized carbons (Fsp3) is 0.400. The fourth-order valence-corrected chi connectivity index (χ4v) is 2.23. The van der Waals surface area contributed by atoms with Crippen LogP contribution in [0.15, 0.2) is 11.0 Å². The predicted molar refractivity (Wildman–Crippen MR) is 83.8 cm³/mol. The number of halogens is 6. The first-order valence-corrected chi connectivity index (χ1v) is 7.36. The molecular formula is C15H14F6N4O3. The second-order valence-corrected chi connectivity index (χ2v) is 5.89. The number of methoxy groups -OCH3 is 1. The van der Waals surface area contributed by atoms with Gasteiger partial charge in [0.2, 0.25) is 11.5 Å². The van der Waals surface area contributed by atoms with Crippen molar-refractivity contribution in [2.75, 3.05) is 12.8 Å². The molecule has 2 heterocycles. The van der Waals surface area contributed by atoms with Crippen molar-refractivity contribution in [1.82, 2.24) is 15.2 Å². The molecule has 0 aliphatic carbocycles. The fourth-order valence-electron chi connectivity index (χ4n) is 2.23. The molecule has 2 aromatic heterocycles. The maximum absolute atomic E-state index is 13.4. The molecule has 2 rings (SSSR count). The average Bonchev–Trinajstić information content (AvgIpc) is 3.02. The Morgan fingerprint density at radius 3 is 2.18 bits per heavy atom. The van der Waals surface area contributed by atoms with Crippen molar-refractivity contribution in [1.29, 1.82) is 0 Å². The van der Waals surface area contributed by atoms with Crippen molar-refractivity contribution in [3.05, 3.63) is 23.6 Å². The molecule has 7 nitrogen and oxygen atoms in total. The lowest BCUT2D eigenvalue weighted by molar-refractivity contribution is -0.266. The van der Waals surface area contributed by atoms with Crippen LogP contribution in [0.1, 0.15) is 30.9 Å². The molecule has 0 spiro atoms. The van der Waals surface area contributed by atoms with Crippen molar-refractivity contribution in [2.24, 2.45) is 0 Å². The number of nitrogens with zero attached hydrogens (tertiary/aromatic N) is 3. The Kier molecular flexibility index (Phi) is 5.10. The van der Waals surface area contributed by atoms with E-state index >= 15 is 0 Å². The molecule has 0 aliphatic rings. The Hall–Kier alpha value is -2.83. The number of alkyl halides is 6. The highest BCUT2D eigenvalue weighted by Crippen LogP contribution is 2.45. The summed E-state index contributed by atoms with van der Waals surface area (Å²) in [5, 5.41) is 16.0. The van der Waals surface area contributed by atoms with Gasteiger partial charge in [-0.15, -0.1) is 10.2 Å². The number of rotatable bonds is 4. The van der Waals surface area contributed by atoms with Gasteiger partial charge >= 0.3 is 12.4 Å². The smallest absolute Gasteiger partial charge is 0.426 e. The van der Waals surface area contributed by atoms with Gasteiger partial charge in [0.25, 0.3) is 11.8 Å². The minimum Gasteiger partial charge on any atom is -0.481 e. The number of anilines is 1. The Bertz CT molecular complexity index is 918. The van der Waals surface area contributed by atoms with E-state index < -0.39 is 58.1 Å². The first kappa shape index (κ1) is 21.5. The van der Waals surface area contributed by atoms with Crippen LogP contribution in [0.2, 0.25) is 0 Å². The van der Waals surface area contributed by atoms with Crippen molar-refractivity contribution in [3.8, 4) is 17.5 Å². The first-order valence-electron chi connectivity index (χ1n) is 7.36. The van der Waals surface area contributed by atoms with E-state index in [2.05, 4.69) is 26.5 Å². The molecule has 0 aromatic carbocycles. The van der Waals surface area contributed by atoms with Gasteiger partial charge in [-0.1, -0.05) is 6.58 Å². The van der Waals surface area contributed by atoms with Crippen LogP contribution in [-0.2, 0) is 11.8 Å². The van der Waals surface area contributed by atoms with Crippen LogP contribution in [0, 0.1) is 0 Å². The van der Waals surface area contributed by atoms with Gasteiger partial charge in [-0.05, 0) is 19.4 Å². The minimum absolute atomic E-state index is 0.117. The summed E-state index contributed by atoms with van der Waals surface area (Å²) in [5.41, 5.74) is -0.932. The molecule has 0 amide bonds. The van der Waals surface area contributed by atoms with Gasteiger partial charge in [0, 0.05) is 5.56 Å². The van der Waals surface area contributed by atoms with E-state index in [4.69, 9.17) is 10.2 Å². The summed E-state index contributed by atoms with van der Waals surface area (Å²) < 4.78 is 88.5. The second kappa shape index (κ2) is 6.65. The number of pyridine rings is 1. The monoisotopic (exact) mass is 412 g/mol. The molecule has 0 bridgehead atoms. The van der Waals surface area contributed by atoms with E-state index in [9.17, 15) is 31.4 Å². The molecule has 2 aromatic rings. The standard InChI is InChI=1S/C15H14F6N4O3/c1-5(2)6-7(14(16,17)18)10(27-4)23-9(8(6)22)11-24-25-12(28-11)13(3,26)15(19,20)21/h26H,1,22H2,2-4H3. The lowest BCUT2D eigenvalue weighted by atomic mass is 9.99. The Balaban J connectivity index is 2.76. The minimum atomic E-state index is -5.16. The third-order valence-electron chi connectivity index (χ3n) is 3.70. The van der Waals surface area contributed by atoms with Gasteiger partial charge in [0.1, 0.15) is 5.56 Å². The topological polar surface area (TPSA) is 107 Å². The van der Waals surface area contributed by atoms with Crippen LogP contribution >= 0.6 is 0 Å². The van der Waals surface area contributed by atoms with E-state index in [-0.39, 0.29) is 5.57 Å². The third-order valence-corrected chi connectivity index (χ3v) is 3.70. The summed E-state index contributed by atoms with van der Waals surface area (Å²) in [4.78, 5) is 3.56. The summed E-state index contributed by atoms with van der Waals surface area (Å²) in [7, 11) is 0.910. The van der Waals surface area contributed by atoms with Gasteiger partial charge < -0.3 is 20.0 Å². The highest BCUT2D eigenvalue weighted by molar-refractivity contribution is 5.84. The Labute approximate surface area is 153 Å². The highest BCUT2D eigenvalue weighted by Gasteiger charge is 2.55. The summed E-state index contributed by atoms with van der Waals surface area (Å²) in [5.74, 6) is -2.91. The van der Waals surface area contributed by atoms with E-state index in [1.165, 1.54) is 6.92 Å². The van der Waals surface area contributed by atoms with Crippen LogP contribution in [0.4, 0.5) is 32.0 Å². The van der Waals surface area contributed by atoms with Crippen molar-refractivity contribution >= 4 is 11.3 Å². The molecule has 1 atom stereocenters. The number of ether oxygens (including phenoxy) is 1. The van der Waals surface area contributed by atoms with Crippen molar-refractivity contribution < 1.29 is 40.6 Å². The molecule has 0 saturated carbocycles. The maximum Gasteiger partial charge on any atom is 0.426 e. The molecule has 3 N–H and O–H groups in total. The highest BCUT2D eigenvalue weighted by atomic mass is 19.4. The molecule has 1 unspecified atom stereocenters. The number of hydrogen-bond donors (Lipinski definition) is 2. The largest absolute Gasteiger partial charge is 0.481 e. The van der Waals surface area contributed by atoms with E-state index in [1.807, 2.05) is 0 Å². The molecule has 154 valence electrons. The first-order chi connectivity index (χ1) is 12.6. The second-order valence-electron chi connectivity index (χ2n) is 5.89. The van der Waals surface area contributed by atoms with Crippen LogP contribution in [-0.4, -0.2) is 33.6 Å². The van der Waals surface area contributed by atoms with Gasteiger partial charge in [-0.25, -0.2) is 4.98 Å². The third kappa shape index (κ3) is 3.48. The number of aliphatic hydroxyl groups is 1. The summed E-state index contributed by atoms with van der Waals surface area (Å²) in [6, 6.07) is 0. The maximum atomic E-state index is 13.4. The lowest BCUT2D eigenvalue weighted by Crippen LogP contribution is -2.39. The van der Waals surface area contributed by atoms with Gasteiger partial charge in [0.05, 0.1) is 12.8 Å². The number of allylic oxidation sites excluding steroid dienone is 1. The Morgan fingerprint density at radius 2 is 1.75 bits per heavy atom. The predicted octanol–water partition coefficient (Wildman–Crippen LogP) is 3.54. The number of hydrogen-bond acceptors (Lipinski definition) is 7. The molecule has 13 heteroatoms. The van der Waals surface area contributed by atoms with E-state index in [1.54, 1.807) is 0 Å². The summed E-state index contributed by atoms with van der Waals surface area (Å²) in [6.07, 6.45) is -10.1. The van der Waals surface area contributed by atoms with Crippen LogP contribution in [0.5, 0.6) is 5.88 Å². The van der Waals surface area contributed by atoms with E-state index in [0.29, 0.717) is 6.92 Å². The zero-order valence-electron chi connectivity index (χ0n) is 14.7. The summed E-state index contributed by atoms with van der Waals surface area (Å²) in [6.45, 7) is 5.03. The molecular weight excluding hydrogens is 398 g/mol. The zero-order valence-corrected chi connectivity index (χ0v) is 14.7. The van der Waals surface area contributed by atoms with Gasteiger partial charge in [-0.2, -0.15) is 26.3 Å². The molecule has 0 aliphatic heterocycles. The number of nitrogen functional groups attached to an aromatic ring is 1. The van der Waals surface area contributed by atoms with Crippen LogP contribution in [0.25, 0.3) is 17.2 Å². The molecule has 0 radical (unpaired) electrons. The van der Waals surface area contributed by atoms with Crippen LogP contribution < -0.4 is 10.5 Å². The quantitative estimate of drug-likeness (QED) is 0.740. The van der Waals surface area contributed by atoms with Gasteiger partial charge in [-0.3, -0.25) is 0 Å².